The minimum atomic E-state index is -0.486. The third-order valence-electron chi connectivity index (χ3n) is 4.62. The van der Waals surface area contributed by atoms with Gasteiger partial charge in [0.25, 0.3) is 11.6 Å². The number of carbonyl (C=O) groups excluding carboxylic acids is 1. The maximum Gasteiger partial charge on any atom is 0.293 e. The van der Waals surface area contributed by atoms with Crippen molar-refractivity contribution >= 4 is 17.3 Å². The van der Waals surface area contributed by atoms with Gasteiger partial charge in [-0.05, 0) is 43.7 Å². The fraction of sp³-hybridized carbons (Fsp3) is 0.588. The molecular weight excluding hydrogens is 310 g/mol. The van der Waals surface area contributed by atoms with Gasteiger partial charge in [-0.3, -0.25) is 14.9 Å². The Morgan fingerprint density at radius 3 is 2.79 bits per heavy atom. The molecule has 1 aromatic carbocycles. The fourth-order valence-corrected chi connectivity index (χ4v) is 3.23. The van der Waals surface area contributed by atoms with Crippen LogP contribution >= 0.6 is 0 Å². The molecule has 1 aliphatic carbocycles. The molecule has 2 unspecified atom stereocenters. The number of aliphatic hydroxyl groups excluding tert-OH is 1. The average molecular weight is 335 g/mol. The Labute approximate surface area is 141 Å². The molecule has 132 valence electrons. The van der Waals surface area contributed by atoms with Gasteiger partial charge in [0.1, 0.15) is 5.69 Å². The molecule has 0 heterocycles. The first-order chi connectivity index (χ1) is 11.5. The number of anilines is 1. The molecule has 0 radical (unpaired) electrons. The van der Waals surface area contributed by atoms with E-state index in [9.17, 15) is 20.0 Å². The van der Waals surface area contributed by atoms with Crippen molar-refractivity contribution in [2.75, 3.05) is 18.9 Å². The fourth-order valence-electron chi connectivity index (χ4n) is 3.23. The number of amides is 1. The van der Waals surface area contributed by atoms with E-state index in [-0.39, 0.29) is 23.3 Å². The first-order valence-electron chi connectivity index (χ1n) is 8.45. The van der Waals surface area contributed by atoms with Crippen LogP contribution in [0.2, 0.25) is 0 Å². The molecule has 1 aliphatic rings. The van der Waals surface area contributed by atoms with E-state index in [4.69, 9.17) is 0 Å². The van der Waals surface area contributed by atoms with Crippen LogP contribution in [0.4, 0.5) is 11.4 Å². The molecule has 0 aliphatic heterocycles. The highest BCUT2D eigenvalue weighted by Crippen LogP contribution is 2.29. The van der Waals surface area contributed by atoms with E-state index in [0.717, 1.165) is 32.1 Å². The zero-order valence-electron chi connectivity index (χ0n) is 14.0. The van der Waals surface area contributed by atoms with Crippen molar-refractivity contribution in [2.24, 2.45) is 5.92 Å². The lowest BCUT2D eigenvalue weighted by molar-refractivity contribution is -0.384. The molecule has 2 rings (SSSR count). The second-order valence-corrected chi connectivity index (χ2v) is 6.25. The highest BCUT2D eigenvalue weighted by Gasteiger charge is 2.22. The summed E-state index contributed by atoms with van der Waals surface area (Å²) in [5.41, 5.74) is 0.575. The molecule has 0 saturated heterocycles. The van der Waals surface area contributed by atoms with Crippen molar-refractivity contribution in [3.8, 4) is 0 Å². The third-order valence-corrected chi connectivity index (χ3v) is 4.62. The second kappa shape index (κ2) is 8.63. The van der Waals surface area contributed by atoms with Crippen molar-refractivity contribution in [1.82, 2.24) is 5.32 Å². The van der Waals surface area contributed by atoms with Gasteiger partial charge in [0, 0.05) is 25.2 Å². The van der Waals surface area contributed by atoms with E-state index in [1.54, 1.807) is 12.1 Å². The Kier molecular flexibility index (Phi) is 6.54. The lowest BCUT2D eigenvalue weighted by Crippen LogP contribution is -2.24. The van der Waals surface area contributed by atoms with E-state index in [0.29, 0.717) is 18.2 Å². The summed E-state index contributed by atoms with van der Waals surface area (Å²) in [6.07, 6.45) is 5.75. The largest absolute Gasteiger partial charge is 0.393 e. The smallest absolute Gasteiger partial charge is 0.293 e. The number of benzene rings is 1. The zero-order chi connectivity index (χ0) is 17.5. The van der Waals surface area contributed by atoms with Crippen LogP contribution in [0, 0.1) is 16.0 Å². The maximum atomic E-state index is 11.6. The number of nitrogens with one attached hydrogen (secondary N) is 2. The third kappa shape index (κ3) is 4.67. The average Bonchev–Trinajstić information content (AvgIpc) is 2.59. The first-order valence-corrected chi connectivity index (χ1v) is 8.45. The van der Waals surface area contributed by atoms with E-state index in [1.165, 1.54) is 19.5 Å². The van der Waals surface area contributed by atoms with Gasteiger partial charge in [-0.25, -0.2) is 0 Å². The number of aliphatic hydroxyl groups is 1. The second-order valence-electron chi connectivity index (χ2n) is 6.25. The van der Waals surface area contributed by atoms with Crippen LogP contribution in [0.15, 0.2) is 18.2 Å². The van der Waals surface area contributed by atoms with Gasteiger partial charge in [-0.2, -0.15) is 0 Å². The van der Waals surface area contributed by atoms with Gasteiger partial charge >= 0.3 is 0 Å². The van der Waals surface area contributed by atoms with Gasteiger partial charge in [0.05, 0.1) is 11.0 Å². The van der Waals surface area contributed by atoms with Crippen molar-refractivity contribution in [3.63, 3.8) is 0 Å². The monoisotopic (exact) mass is 335 g/mol. The lowest BCUT2D eigenvalue weighted by atomic mass is 9.83. The van der Waals surface area contributed by atoms with Crippen molar-refractivity contribution in [2.45, 2.75) is 44.6 Å². The molecule has 0 bridgehead atoms. The van der Waals surface area contributed by atoms with Gasteiger partial charge in [-0.15, -0.1) is 0 Å². The van der Waals surface area contributed by atoms with Gasteiger partial charge in [-0.1, -0.05) is 12.8 Å². The van der Waals surface area contributed by atoms with Crippen LogP contribution in [0.25, 0.3) is 0 Å². The van der Waals surface area contributed by atoms with E-state index >= 15 is 0 Å². The molecular formula is C17H25N3O4. The minimum Gasteiger partial charge on any atom is -0.393 e. The number of nitro groups is 1. The minimum absolute atomic E-state index is 0.103. The molecule has 0 spiro atoms. The highest BCUT2D eigenvalue weighted by atomic mass is 16.6. The normalized spacial score (nSPS) is 20.4. The Hall–Kier alpha value is -2.15. The topological polar surface area (TPSA) is 104 Å². The van der Waals surface area contributed by atoms with Crippen molar-refractivity contribution in [1.29, 1.82) is 0 Å². The summed E-state index contributed by atoms with van der Waals surface area (Å²) in [7, 11) is 1.49. The summed E-state index contributed by atoms with van der Waals surface area (Å²) in [4.78, 5) is 22.3. The van der Waals surface area contributed by atoms with E-state index in [2.05, 4.69) is 10.6 Å². The Balaban J connectivity index is 1.91. The maximum absolute atomic E-state index is 11.6. The van der Waals surface area contributed by atoms with E-state index in [1.807, 2.05) is 0 Å². The van der Waals surface area contributed by atoms with E-state index < -0.39 is 4.92 Å². The first kappa shape index (κ1) is 18.2. The van der Waals surface area contributed by atoms with Crippen molar-refractivity contribution in [3.05, 3.63) is 33.9 Å². The van der Waals surface area contributed by atoms with Crippen LogP contribution in [0.1, 0.15) is 48.9 Å². The summed E-state index contributed by atoms with van der Waals surface area (Å²) in [6, 6.07) is 4.42. The van der Waals surface area contributed by atoms with Gasteiger partial charge in [0.15, 0.2) is 0 Å². The number of carbonyl (C=O) groups is 1. The Morgan fingerprint density at radius 2 is 2.12 bits per heavy atom. The molecule has 2 atom stereocenters. The Bertz CT molecular complexity index is 591. The Morgan fingerprint density at radius 1 is 1.38 bits per heavy atom. The summed E-state index contributed by atoms with van der Waals surface area (Å²) >= 11 is 0. The predicted octanol–water partition coefficient (Wildman–Crippen LogP) is 2.70. The SMILES string of the molecule is CNC(=O)c1ccc(NCCCC2CCCCC2O)c([N+](=O)[O-])c1. The van der Waals surface area contributed by atoms with Crippen LogP contribution in [-0.2, 0) is 0 Å². The van der Waals surface area contributed by atoms with Crippen LogP contribution < -0.4 is 10.6 Å². The lowest BCUT2D eigenvalue weighted by Gasteiger charge is -2.27. The highest BCUT2D eigenvalue weighted by molar-refractivity contribution is 5.95. The van der Waals surface area contributed by atoms with Gasteiger partial charge in [0.2, 0.25) is 0 Å². The number of nitrogens with zero attached hydrogens (tertiary/aromatic N) is 1. The molecule has 3 N–H and O–H groups in total. The standard InChI is InChI=1S/C17H25N3O4/c1-18-17(22)13-8-9-14(15(11-13)20(23)24)19-10-4-6-12-5-2-3-7-16(12)21/h8-9,11-12,16,19,21H,2-7,10H2,1H3,(H,18,22). The number of hydrogen-bond acceptors (Lipinski definition) is 5. The number of hydrogen-bond donors (Lipinski definition) is 3. The van der Waals surface area contributed by atoms with Gasteiger partial charge < -0.3 is 15.7 Å². The molecule has 0 aromatic heterocycles. The summed E-state index contributed by atoms with van der Waals surface area (Å²) in [5, 5.41) is 26.7. The quantitative estimate of drug-likeness (QED) is 0.404. The van der Waals surface area contributed by atoms with Crippen LogP contribution in [0.3, 0.4) is 0 Å². The molecule has 1 saturated carbocycles. The van der Waals surface area contributed by atoms with Crippen LogP contribution in [0.5, 0.6) is 0 Å². The van der Waals surface area contributed by atoms with Crippen molar-refractivity contribution < 1.29 is 14.8 Å². The molecule has 1 amide bonds. The molecule has 1 fully saturated rings. The predicted molar refractivity (Wildman–Crippen MR) is 92.2 cm³/mol. The summed E-state index contributed by atoms with van der Waals surface area (Å²) in [5.74, 6) is -0.0119. The summed E-state index contributed by atoms with van der Waals surface area (Å²) in [6.45, 7) is 0.601. The molecule has 24 heavy (non-hydrogen) atoms. The molecule has 7 heteroatoms. The van der Waals surface area contributed by atoms with Crippen LogP contribution in [-0.4, -0.2) is 35.6 Å². The number of nitro benzene ring substituents is 1. The molecule has 7 nitrogen and oxygen atoms in total. The summed E-state index contributed by atoms with van der Waals surface area (Å²) < 4.78 is 0. The molecule has 1 aromatic rings. The zero-order valence-corrected chi connectivity index (χ0v) is 14.0. The number of rotatable bonds is 7.